The van der Waals surface area contributed by atoms with E-state index in [0.29, 0.717) is 26.0 Å². The topological polar surface area (TPSA) is 63.7 Å². The number of morpholine rings is 1. The molecule has 1 aromatic carbocycles. The molecule has 1 N–H and O–H groups in total. The van der Waals surface area contributed by atoms with Gasteiger partial charge in [-0.2, -0.15) is 0 Å². The van der Waals surface area contributed by atoms with Crippen LogP contribution in [0.2, 0.25) is 0 Å². The number of carbonyl (C=O) groups is 1. The van der Waals surface area contributed by atoms with Crippen molar-refractivity contribution in [1.82, 2.24) is 10.3 Å². The smallest absolute Gasteiger partial charge is 0.220 e. The van der Waals surface area contributed by atoms with Crippen molar-refractivity contribution in [3.8, 4) is 5.75 Å². The molecule has 0 aliphatic carbocycles. The average Bonchev–Trinajstić information content (AvgIpc) is 2.72. The highest BCUT2D eigenvalue weighted by Gasteiger charge is 2.12. The van der Waals surface area contributed by atoms with Crippen LogP contribution in [0.1, 0.15) is 24.0 Å². The van der Waals surface area contributed by atoms with Gasteiger partial charge in [0.1, 0.15) is 11.6 Å². The second kappa shape index (κ2) is 9.92. The zero-order chi connectivity index (χ0) is 18.9. The van der Waals surface area contributed by atoms with Gasteiger partial charge < -0.3 is 19.7 Å². The Morgan fingerprint density at radius 1 is 1.22 bits per heavy atom. The van der Waals surface area contributed by atoms with Gasteiger partial charge in [0, 0.05) is 32.3 Å². The maximum Gasteiger partial charge on any atom is 0.220 e. The second-order valence-corrected chi connectivity index (χ2v) is 6.66. The van der Waals surface area contributed by atoms with Gasteiger partial charge in [-0.25, -0.2) is 4.98 Å². The Kier molecular flexibility index (Phi) is 7.04. The second-order valence-electron chi connectivity index (χ2n) is 6.66. The first kappa shape index (κ1) is 19.2. The number of pyridine rings is 1. The first-order chi connectivity index (χ1) is 13.2. The number of anilines is 1. The van der Waals surface area contributed by atoms with E-state index in [1.165, 1.54) is 5.56 Å². The third kappa shape index (κ3) is 6.25. The van der Waals surface area contributed by atoms with Gasteiger partial charge in [0.15, 0.2) is 0 Å². The van der Waals surface area contributed by atoms with Crippen molar-refractivity contribution in [2.45, 2.75) is 26.3 Å². The number of hydrogen-bond acceptors (Lipinski definition) is 5. The number of nitrogens with zero attached hydrogens (tertiary/aromatic N) is 2. The fraction of sp³-hybridized carbons (Fsp3) is 0.429. The van der Waals surface area contributed by atoms with E-state index in [4.69, 9.17) is 9.47 Å². The highest BCUT2D eigenvalue weighted by molar-refractivity contribution is 5.75. The number of aromatic nitrogens is 1. The van der Waals surface area contributed by atoms with E-state index in [0.717, 1.165) is 43.4 Å². The van der Waals surface area contributed by atoms with Crippen LogP contribution in [0.3, 0.4) is 0 Å². The lowest BCUT2D eigenvalue weighted by Crippen LogP contribution is -2.36. The number of rotatable bonds is 8. The van der Waals surface area contributed by atoms with Gasteiger partial charge >= 0.3 is 0 Å². The van der Waals surface area contributed by atoms with E-state index in [9.17, 15) is 4.79 Å². The zero-order valence-corrected chi connectivity index (χ0v) is 15.8. The molecule has 6 heteroatoms. The van der Waals surface area contributed by atoms with Gasteiger partial charge in [-0.15, -0.1) is 0 Å². The Balaban J connectivity index is 1.36. The van der Waals surface area contributed by atoms with Crippen molar-refractivity contribution in [3.05, 3.63) is 53.7 Å². The van der Waals surface area contributed by atoms with Crippen LogP contribution in [-0.4, -0.2) is 43.8 Å². The maximum absolute atomic E-state index is 12.0. The number of nitrogens with one attached hydrogen (secondary N) is 1. The minimum Gasteiger partial charge on any atom is -0.494 e. The molecular weight excluding hydrogens is 342 g/mol. The zero-order valence-electron chi connectivity index (χ0n) is 15.8. The molecule has 27 heavy (non-hydrogen) atoms. The molecule has 3 rings (SSSR count). The van der Waals surface area contributed by atoms with Crippen molar-refractivity contribution in [1.29, 1.82) is 0 Å². The van der Waals surface area contributed by atoms with Gasteiger partial charge in [-0.05, 0) is 43.2 Å². The van der Waals surface area contributed by atoms with Gasteiger partial charge in [-0.1, -0.05) is 17.7 Å². The van der Waals surface area contributed by atoms with E-state index in [-0.39, 0.29) is 5.91 Å². The van der Waals surface area contributed by atoms with Crippen molar-refractivity contribution in [2.75, 3.05) is 37.8 Å². The summed E-state index contributed by atoms with van der Waals surface area (Å²) < 4.78 is 11.0. The lowest BCUT2D eigenvalue weighted by atomic mass is 10.2. The molecule has 6 nitrogen and oxygen atoms in total. The number of benzene rings is 1. The fourth-order valence-electron chi connectivity index (χ4n) is 2.88. The summed E-state index contributed by atoms with van der Waals surface area (Å²) in [6.07, 6.45) is 2.93. The van der Waals surface area contributed by atoms with E-state index in [1.54, 1.807) is 6.20 Å². The van der Waals surface area contributed by atoms with Gasteiger partial charge in [0.2, 0.25) is 5.91 Å². The first-order valence-electron chi connectivity index (χ1n) is 9.44. The molecule has 1 aliphatic heterocycles. The SMILES string of the molecule is Cc1ccc(OCCCC(=O)NCc2ccnc(N3CCOCC3)c2)cc1. The maximum atomic E-state index is 12.0. The molecule has 1 aromatic heterocycles. The standard InChI is InChI=1S/C21H27N3O3/c1-17-4-6-19(7-5-17)27-12-2-3-21(25)23-16-18-8-9-22-20(15-18)24-10-13-26-14-11-24/h4-9,15H,2-3,10-14,16H2,1H3,(H,23,25). The Hall–Kier alpha value is -2.60. The summed E-state index contributed by atoms with van der Waals surface area (Å²) >= 11 is 0. The summed E-state index contributed by atoms with van der Waals surface area (Å²) in [5.41, 5.74) is 2.25. The predicted molar refractivity (Wildman–Crippen MR) is 105 cm³/mol. The molecule has 0 bridgehead atoms. The van der Waals surface area contributed by atoms with Crippen LogP contribution in [0.5, 0.6) is 5.75 Å². The minimum absolute atomic E-state index is 0.0345. The molecule has 1 aliphatic rings. The quantitative estimate of drug-likeness (QED) is 0.725. The van der Waals surface area contributed by atoms with Crippen LogP contribution in [0.15, 0.2) is 42.6 Å². The highest BCUT2D eigenvalue weighted by atomic mass is 16.5. The lowest BCUT2D eigenvalue weighted by Gasteiger charge is -2.28. The van der Waals surface area contributed by atoms with Crippen LogP contribution in [0.4, 0.5) is 5.82 Å². The summed E-state index contributed by atoms with van der Waals surface area (Å²) in [5, 5.41) is 2.97. The van der Waals surface area contributed by atoms with Crippen LogP contribution in [-0.2, 0) is 16.1 Å². The largest absolute Gasteiger partial charge is 0.494 e. The van der Waals surface area contributed by atoms with E-state index >= 15 is 0 Å². The molecule has 144 valence electrons. The first-order valence-corrected chi connectivity index (χ1v) is 9.44. The summed E-state index contributed by atoms with van der Waals surface area (Å²) in [5.74, 6) is 1.82. The molecule has 1 saturated heterocycles. The van der Waals surface area contributed by atoms with Crippen LogP contribution in [0, 0.1) is 6.92 Å². The number of amides is 1. The third-order valence-corrected chi connectivity index (χ3v) is 4.47. The van der Waals surface area contributed by atoms with Crippen molar-refractivity contribution in [3.63, 3.8) is 0 Å². The molecule has 0 saturated carbocycles. The summed E-state index contributed by atoms with van der Waals surface area (Å²) in [4.78, 5) is 18.7. The van der Waals surface area contributed by atoms with Crippen LogP contribution >= 0.6 is 0 Å². The molecule has 2 heterocycles. The molecule has 1 amide bonds. The molecule has 0 spiro atoms. The number of hydrogen-bond donors (Lipinski definition) is 1. The van der Waals surface area contributed by atoms with Gasteiger partial charge in [-0.3, -0.25) is 4.79 Å². The fourth-order valence-corrected chi connectivity index (χ4v) is 2.88. The molecule has 1 fully saturated rings. The Morgan fingerprint density at radius 2 is 2.00 bits per heavy atom. The molecule has 0 radical (unpaired) electrons. The van der Waals surface area contributed by atoms with Crippen molar-refractivity contribution >= 4 is 11.7 Å². The monoisotopic (exact) mass is 369 g/mol. The van der Waals surface area contributed by atoms with E-state index < -0.39 is 0 Å². The lowest BCUT2D eigenvalue weighted by molar-refractivity contribution is -0.121. The average molecular weight is 369 g/mol. The minimum atomic E-state index is 0.0345. The van der Waals surface area contributed by atoms with Crippen LogP contribution < -0.4 is 15.0 Å². The Labute approximate surface area is 160 Å². The van der Waals surface area contributed by atoms with E-state index in [1.807, 2.05) is 43.3 Å². The van der Waals surface area contributed by atoms with Crippen molar-refractivity contribution < 1.29 is 14.3 Å². The molecular formula is C21H27N3O3. The Bertz CT molecular complexity index is 728. The molecule has 0 atom stereocenters. The van der Waals surface area contributed by atoms with Gasteiger partial charge in [0.25, 0.3) is 0 Å². The molecule has 2 aromatic rings. The normalized spacial score (nSPS) is 14.0. The summed E-state index contributed by atoms with van der Waals surface area (Å²) in [7, 11) is 0. The third-order valence-electron chi connectivity index (χ3n) is 4.47. The summed E-state index contributed by atoms with van der Waals surface area (Å²) in [6, 6.07) is 11.9. The predicted octanol–water partition coefficient (Wildman–Crippen LogP) is 2.70. The number of ether oxygens (including phenoxy) is 2. The van der Waals surface area contributed by atoms with E-state index in [2.05, 4.69) is 15.2 Å². The molecule has 0 unspecified atom stereocenters. The number of aryl methyl sites for hydroxylation is 1. The summed E-state index contributed by atoms with van der Waals surface area (Å²) in [6.45, 7) is 6.25. The van der Waals surface area contributed by atoms with Crippen LogP contribution in [0.25, 0.3) is 0 Å². The highest BCUT2D eigenvalue weighted by Crippen LogP contribution is 2.14. The Morgan fingerprint density at radius 3 is 2.78 bits per heavy atom. The van der Waals surface area contributed by atoms with Crippen molar-refractivity contribution in [2.24, 2.45) is 0 Å². The van der Waals surface area contributed by atoms with Gasteiger partial charge in [0.05, 0.1) is 19.8 Å². The number of carbonyl (C=O) groups excluding carboxylic acids is 1.